The molecule has 0 saturated heterocycles. The number of carbonyl (C=O) groups is 2. The molecule has 532 valence electrons. The molecule has 0 aromatic carbocycles. The van der Waals surface area contributed by atoms with E-state index in [0.29, 0.717) is 25.9 Å². The van der Waals surface area contributed by atoms with Gasteiger partial charge in [0.1, 0.15) is 0 Å². The Kier molecular flexibility index (Phi) is 78.3. The predicted molar refractivity (Wildman–Crippen MR) is 394 cm³/mol. The molecule has 0 aliphatic heterocycles. The van der Waals surface area contributed by atoms with Gasteiger partial charge in [-0.1, -0.05) is 457 Å². The van der Waals surface area contributed by atoms with Crippen LogP contribution in [0.1, 0.15) is 495 Å². The summed E-state index contributed by atoms with van der Waals surface area (Å²) in [4.78, 5) is 24.7. The van der Waals surface area contributed by atoms with Crippen LogP contribution in [0.3, 0.4) is 0 Å². The van der Waals surface area contributed by atoms with Crippen LogP contribution in [0.15, 0.2) is 0 Å². The number of carbonyl (C=O) groups excluding carboxylic acids is 2. The molecule has 0 fully saturated rings. The Morgan fingerprint density at radius 2 is 0.461 bits per heavy atom. The number of rotatable bonds is 80. The Morgan fingerprint density at radius 3 is 0.685 bits per heavy atom. The van der Waals surface area contributed by atoms with Crippen LogP contribution in [0.25, 0.3) is 0 Å². The molecule has 6 nitrogen and oxygen atoms in total. The summed E-state index contributed by atoms with van der Waals surface area (Å²) in [5, 5.41) is 23.5. The molecule has 89 heavy (non-hydrogen) atoms. The first kappa shape index (κ1) is 87.9. The molecule has 0 spiro atoms. The van der Waals surface area contributed by atoms with Gasteiger partial charge in [0.15, 0.2) is 0 Å². The largest absolute Gasteiger partial charge is 0.466 e. The van der Waals surface area contributed by atoms with Gasteiger partial charge >= 0.3 is 5.97 Å². The number of amides is 1. The highest BCUT2D eigenvalue weighted by atomic mass is 16.5. The van der Waals surface area contributed by atoms with Crippen molar-refractivity contribution in [1.29, 1.82) is 0 Å². The second kappa shape index (κ2) is 79.3. The van der Waals surface area contributed by atoms with Gasteiger partial charge in [-0.3, -0.25) is 9.59 Å². The van der Waals surface area contributed by atoms with Crippen molar-refractivity contribution in [2.45, 2.75) is 508 Å². The molecule has 6 heteroatoms. The average molecular weight is 1260 g/mol. The van der Waals surface area contributed by atoms with Gasteiger partial charge in [0.05, 0.1) is 25.4 Å². The normalized spacial score (nSPS) is 12.4. The fourth-order valence-corrected chi connectivity index (χ4v) is 13.8. The van der Waals surface area contributed by atoms with Crippen LogP contribution in [0.4, 0.5) is 0 Å². The van der Waals surface area contributed by atoms with Gasteiger partial charge in [0.25, 0.3) is 0 Å². The van der Waals surface area contributed by atoms with Crippen LogP contribution < -0.4 is 5.32 Å². The molecule has 0 aliphatic rings. The van der Waals surface area contributed by atoms with Crippen molar-refractivity contribution in [2.24, 2.45) is 0 Å². The summed E-state index contributed by atoms with van der Waals surface area (Å²) in [6, 6.07) is -0.539. The van der Waals surface area contributed by atoms with Crippen LogP contribution in [0.2, 0.25) is 0 Å². The zero-order valence-corrected chi connectivity index (χ0v) is 61.2. The van der Waals surface area contributed by atoms with Crippen LogP contribution >= 0.6 is 0 Å². The van der Waals surface area contributed by atoms with Crippen molar-refractivity contribution in [3.8, 4) is 0 Å². The highest BCUT2D eigenvalue weighted by Gasteiger charge is 2.20. The summed E-state index contributed by atoms with van der Waals surface area (Å²) in [6.07, 6.45) is 99.3. The lowest BCUT2D eigenvalue weighted by atomic mass is 10.0. The van der Waals surface area contributed by atoms with Gasteiger partial charge in [-0.25, -0.2) is 0 Å². The minimum absolute atomic E-state index is 0.0234. The first-order valence-electron chi connectivity index (χ1n) is 41.8. The third-order valence-corrected chi connectivity index (χ3v) is 20.2. The first-order chi connectivity index (χ1) is 44.0. The Bertz CT molecular complexity index is 1310. The maximum absolute atomic E-state index is 12.6. The summed E-state index contributed by atoms with van der Waals surface area (Å²) in [5.41, 5.74) is 0. The van der Waals surface area contributed by atoms with E-state index in [4.69, 9.17) is 4.74 Å². The van der Waals surface area contributed by atoms with Gasteiger partial charge in [0.2, 0.25) is 5.91 Å². The number of aliphatic hydroxyl groups excluding tert-OH is 2. The average Bonchev–Trinajstić information content (AvgIpc) is 3.54. The third-order valence-electron chi connectivity index (χ3n) is 20.2. The topological polar surface area (TPSA) is 95.9 Å². The summed E-state index contributed by atoms with van der Waals surface area (Å²) in [7, 11) is 0. The zero-order valence-electron chi connectivity index (χ0n) is 61.2. The van der Waals surface area contributed by atoms with Crippen LogP contribution in [0, 0.1) is 0 Å². The summed E-state index contributed by atoms with van der Waals surface area (Å²) < 4.78 is 5.51. The van der Waals surface area contributed by atoms with E-state index >= 15 is 0 Å². The van der Waals surface area contributed by atoms with Crippen molar-refractivity contribution >= 4 is 11.9 Å². The highest BCUT2D eigenvalue weighted by molar-refractivity contribution is 5.76. The molecule has 2 atom stereocenters. The monoisotopic (exact) mass is 1260 g/mol. The maximum Gasteiger partial charge on any atom is 0.305 e. The fourth-order valence-electron chi connectivity index (χ4n) is 13.8. The molecular formula is C83H165NO5. The zero-order chi connectivity index (χ0) is 64.2. The Balaban J connectivity index is 3.32. The molecule has 0 aromatic heterocycles. The number of ether oxygens (including phenoxy) is 1. The van der Waals surface area contributed by atoms with E-state index in [-0.39, 0.29) is 18.5 Å². The number of unbranched alkanes of at least 4 members (excludes halogenated alkanes) is 69. The lowest BCUT2D eigenvalue weighted by Gasteiger charge is -2.22. The smallest absolute Gasteiger partial charge is 0.305 e. The Labute approximate surface area is 559 Å². The van der Waals surface area contributed by atoms with Gasteiger partial charge < -0.3 is 20.3 Å². The van der Waals surface area contributed by atoms with E-state index in [1.165, 1.54) is 424 Å². The second-order valence-electron chi connectivity index (χ2n) is 29.2. The molecule has 0 aliphatic carbocycles. The summed E-state index contributed by atoms with van der Waals surface area (Å²) in [5.74, 6) is 0.00243. The van der Waals surface area contributed by atoms with Crippen molar-refractivity contribution < 1.29 is 24.5 Å². The number of hydrogen-bond acceptors (Lipinski definition) is 5. The number of nitrogens with one attached hydrogen (secondary N) is 1. The van der Waals surface area contributed by atoms with Gasteiger partial charge in [0, 0.05) is 12.8 Å². The number of esters is 1. The van der Waals surface area contributed by atoms with Gasteiger partial charge in [-0.2, -0.15) is 0 Å². The first-order valence-corrected chi connectivity index (χ1v) is 41.8. The molecule has 1 amide bonds. The SMILES string of the molecule is CCCCCCCCCCCCCCCCCCCCCCCCCCCC(O)C(CO)NC(=O)CCCCCCCCCCCCCCCCCCCCCCCCCCCCCCCCCCOC(=O)CCCCCCCCCCCCCCCCC. The van der Waals surface area contributed by atoms with E-state index in [2.05, 4.69) is 19.2 Å². The molecule has 0 aromatic rings. The second-order valence-corrected chi connectivity index (χ2v) is 29.2. The van der Waals surface area contributed by atoms with Crippen LogP contribution in [-0.4, -0.2) is 47.4 Å². The Hall–Kier alpha value is -1.14. The third kappa shape index (κ3) is 75.8. The lowest BCUT2D eigenvalue weighted by molar-refractivity contribution is -0.143. The van der Waals surface area contributed by atoms with E-state index in [0.717, 1.165) is 38.5 Å². The summed E-state index contributed by atoms with van der Waals surface area (Å²) >= 11 is 0. The van der Waals surface area contributed by atoms with Crippen LogP contribution in [0.5, 0.6) is 0 Å². The van der Waals surface area contributed by atoms with Crippen molar-refractivity contribution in [1.82, 2.24) is 5.32 Å². The molecule has 0 saturated carbocycles. The lowest BCUT2D eigenvalue weighted by Crippen LogP contribution is -2.45. The number of aliphatic hydroxyl groups is 2. The van der Waals surface area contributed by atoms with E-state index in [1.807, 2.05) is 0 Å². The van der Waals surface area contributed by atoms with Crippen molar-refractivity contribution in [2.75, 3.05) is 13.2 Å². The minimum atomic E-state index is -0.662. The van der Waals surface area contributed by atoms with Gasteiger partial charge in [-0.05, 0) is 25.7 Å². The fraction of sp³-hybridized carbons (Fsp3) is 0.976. The van der Waals surface area contributed by atoms with Crippen molar-refractivity contribution in [3.05, 3.63) is 0 Å². The quantitative estimate of drug-likeness (QED) is 0.0417. The molecule has 0 bridgehead atoms. The predicted octanol–water partition coefficient (Wildman–Crippen LogP) is 27.7. The Morgan fingerprint density at radius 1 is 0.270 bits per heavy atom. The standard InChI is InChI=1S/C83H165NO5/c1-3-5-7-9-11-13-15-17-19-20-21-22-23-32-35-38-41-44-48-51-55-59-63-67-71-75-81(86)80(79-85)84-82(87)76-72-68-64-60-56-52-49-45-42-39-36-33-30-28-26-24-25-27-29-31-34-37-40-43-46-50-54-58-62-66-70-74-78-89-83(88)77-73-69-65-61-57-53-47-18-16-14-12-10-8-6-4-2/h80-81,85-86H,3-79H2,1-2H3,(H,84,87). The van der Waals surface area contributed by atoms with Crippen molar-refractivity contribution in [3.63, 3.8) is 0 Å². The van der Waals surface area contributed by atoms with Crippen LogP contribution in [-0.2, 0) is 14.3 Å². The molecule has 0 radical (unpaired) electrons. The molecular weight excluding hydrogens is 1090 g/mol. The molecule has 2 unspecified atom stereocenters. The summed E-state index contributed by atoms with van der Waals surface area (Å²) in [6.45, 7) is 5.03. The van der Waals surface area contributed by atoms with E-state index in [9.17, 15) is 19.8 Å². The minimum Gasteiger partial charge on any atom is -0.466 e. The highest BCUT2D eigenvalue weighted by Crippen LogP contribution is 2.21. The van der Waals surface area contributed by atoms with E-state index in [1.54, 1.807) is 0 Å². The molecule has 0 heterocycles. The molecule has 0 rings (SSSR count). The van der Waals surface area contributed by atoms with E-state index < -0.39 is 12.1 Å². The van der Waals surface area contributed by atoms with Gasteiger partial charge in [-0.15, -0.1) is 0 Å². The molecule has 3 N–H and O–H groups in total. The maximum atomic E-state index is 12.6. The number of hydrogen-bond donors (Lipinski definition) is 3.